The number of rotatable bonds is 3. The average Bonchev–Trinajstić information content (AvgIpc) is 2.45. The lowest BCUT2D eigenvalue weighted by molar-refractivity contribution is 0.626. The Hall–Kier alpha value is -2.89. The van der Waals surface area contributed by atoms with Crippen LogP contribution in [0, 0.1) is 5.82 Å². The normalized spacial score (nSPS) is 10.7. The van der Waals surface area contributed by atoms with Crippen LogP contribution in [0.2, 0.25) is 0 Å². The number of hydrogen-bond donors (Lipinski definition) is 3. The van der Waals surface area contributed by atoms with Crippen molar-refractivity contribution in [2.45, 2.75) is 6.54 Å². The largest absolute Gasteiger partial charge is 0.381 e. The number of benzene rings is 2. The van der Waals surface area contributed by atoms with Crippen LogP contribution in [0.3, 0.4) is 0 Å². The molecule has 5 nitrogen and oxygen atoms in total. The van der Waals surface area contributed by atoms with Crippen molar-refractivity contribution >= 4 is 22.5 Å². The van der Waals surface area contributed by atoms with E-state index in [1.807, 2.05) is 6.07 Å². The second-order valence-electron chi connectivity index (χ2n) is 4.67. The topological polar surface area (TPSA) is 83.8 Å². The van der Waals surface area contributed by atoms with Crippen molar-refractivity contribution < 1.29 is 4.39 Å². The Morgan fingerprint density at radius 1 is 1.24 bits per heavy atom. The van der Waals surface area contributed by atoms with Crippen molar-refractivity contribution in [3.63, 3.8) is 0 Å². The van der Waals surface area contributed by atoms with Gasteiger partial charge in [-0.15, -0.1) is 0 Å². The monoisotopic (exact) mass is 284 g/mol. The molecule has 0 saturated carbocycles. The second-order valence-corrected chi connectivity index (χ2v) is 4.67. The van der Waals surface area contributed by atoms with Gasteiger partial charge in [0.1, 0.15) is 5.82 Å². The van der Waals surface area contributed by atoms with Crippen LogP contribution in [-0.2, 0) is 6.54 Å². The van der Waals surface area contributed by atoms with Gasteiger partial charge in [-0.1, -0.05) is 12.1 Å². The minimum atomic E-state index is -0.285. The van der Waals surface area contributed by atoms with Crippen molar-refractivity contribution in [1.29, 1.82) is 0 Å². The number of aromatic nitrogens is 2. The summed E-state index contributed by atoms with van der Waals surface area (Å²) in [5, 5.41) is 3.60. The summed E-state index contributed by atoms with van der Waals surface area (Å²) in [7, 11) is 0. The van der Waals surface area contributed by atoms with E-state index < -0.39 is 0 Å². The van der Waals surface area contributed by atoms with Crippen LogP contribution in [0.5, 0.6) is 0 Å². The lowest BCUT2D eigenvalue weighted by Crippen LogP contribution is -2.11. The van der Waals surface area contributed by atoms with E-state index in [2.05, 4.69) is 15.3 Å². The van der Waals surface area contributed by atoms with E-state index >= 15 is 0 Å². The molecule has 0 spiro atoms. The van der Waals surface area contributed by atoms with E-state index in [9.17, 15) is 9.18 Å². The molecule has 0 amide bonds. The maximum atomic E-state index is 13.1. The molecule has 0 atom stereocenters. The molecular weight excluding hydrogens is 271 g/mol. The van der Waals surface area contributed by atoms with Crippen LogP contribution in [0.25, 0.3) is 10.9 Å². The summed E-state index contributed by atoms with van der Waals surface area (Å²) in [5.74, 6) is -0.183. The molecule has 0 aliphatic heterocycles. The van der Waals surface area contributed by atoms with Gasteiger partial charge in [0.15, 0.2) is 0 Å². The summed E-state index contributed by atoms with van der Waals surface area (Å²) < 4.78 is 13.1. The molecule has 6 heteroatoms. The van der Waals surface area contributed by atoms with Crippen LogP contribution in [0.15, 0.2) is 47.3 Å². The third kappa shape index (κ3) is 2.84. The van der Waals surface area contributed by atoms with Gasteiger partial charge >= 0.3 is 0 Å². The maximum Gasteiger partial charge on any atom is 0.260 e. The molecule has 106 valence electrons. The van der Waals surface area contributed by atoms with E-state index in [0.717, 1.165) is 11.3 Å². The summed E-state index contributed by atoms with van der Waals surface area (Å²) in [6, 6.07) is 11.6. The van der Waals surface area contributed by atoms with Crippen molar-refractivity contribution in [2.75, 3.05) is 11.1 Å². The van der Waals surface area contributed by atoms with Crippen LogP contribution in [0.1, 0.15) is 5.56 Å². The number of nitrogens with one attached hydrogen (secondary N) is 2. The van der Waals surface area contributed by atoms with Crippen molar-refractivity contribution in [3.05, 3.63) is 64.2 Å². The minimum absolute atomic E-state index is 0.0907. The third-order valence-corrected chi connectivity index (χ3v) is 3.11. The zero-order chi connectivity index (χ0) is 14.8. The highest BCUT2D eigenvalue weighted by Gasteiger charge is 2.03. The van der Waals surface area contributed by atoms with Crippen molar-refractivity contribution in [2.24, 2.45) is 0 Å². The van der Waals surface area contributed by atoms with E-state index in [1.165, 1.54) is 12.1 Å². The Morgan fingerprint density at radius 2 is 2.10 bits per heavy atom. The highest BCUT2D eigenvalue weighted by molar-refractivity contribution is 5.82. The van der Waals surface area contributed by atoms with Gasteiger partial charge in [0, 0.05) is 12.2 Å². The SMILES string of the molecule is Nc1nc2ccc(NCc3cccc(F)c3)cc2c(=O)[nH]1. The average molecular weight is 284 g/mol. The quantitative estimate of drug-likeness (QED) is 0.689. The van der Waals surface area contributed by atoms with Crippen molar-refractivity contribution in [1.82, 2.24) is 9.97 Å². The van der Waals surface area contributed by atoms with Gasteiger partial charge in [-0.2, -0.15) is 0 Å². The molecule has 3 rings (SSSR count). The molecule has 21 heavy (non-hydrogen) atoms. The minimum Gasteiger partial charge on any atom is -0.381 e. The van der Waals surface area contributed by atoms with Gasteiger partial charge in [-0.3, -0.25) is 9.78 Å². The van der Waals surface area contributed by atoms with Crippen LogP contribution >= 0.6 is 0 Å². The third-order valence-electron chi connectivity index (χ3n) is 3.11. The van der Waals surface area contributed by atoms with Gasteiger partial charge in [0.25, 0.3) is 5.56 Å². The Morgan fingerprint density at radius 3 is 2.90 bits per heavy atom. The molecule has 1 heterocycles. The summed E-state index contributed by atoms with van der Waals surface area (Å²) in [4.78, 5) is 18.3. The zero-order valence-corrected chi connectivity index (χ0v) is 11.1. The molecule has 0 saturated heterocycles. The highest BCUT2D eigenvalue weighted by Crippen LogP contribution is 2.16. The lowest BCUT2D eigenvalue weighted by atomic mass is 10.2. The van der Waals surface area contributed by atoms with Gasteiger partial charge in [-0.25, -0.2) is 9.37 Å². The first kappa shape index (κ1) is 13.1. The standard InChI is InChI=1S/C15H13FN4O/c16-10-3-1-2-9(6-10)8-18-11-4-5-13-12(7-11)14(21)20-15(17)19-13/h1-7,18H,8H2,(H3,17,19,20,21). The van der Waals surface area contributed by atoms with Gasteiger partial charge in [-0.05, 0) is 35.9 Å². The first-order chi connectivity index (χ1) is 10.1. The summed E-state index contributed by atoms with van der Waals surface area (Å²) in [6.07, 6.45) is 0. The molecule has 0 radical (unpaired) electrons. The molecule has 0 aliphatic carbocycles. The van der Waals surface area contributed by atoms with Gasteiger partial charge in [0.05, 0.1) is 10.9 Å². The number of nitrogens with zero attached hydrogens (tertiary/aromatic N) is 1. The number of halogens is 1. The van der Waals surface area contributed by atoms with Crippen LogP contribution in [0.4, 0.5) is 16.0 Å². The van der Waals surface area contributed by atoms with Gasteiger partial charge in [0.2, 0.25) is 5.95 Å². The number of hydrogen-bond acceptors (Lipinski definition) is 4. The Balaban J connectivity index is 1.86. The summed E-state index contributed by atoms with van der Waals surface area (Å²) >= 11 is 0. The Kier molecular flexibility index (Phi) is 3.27. The van der Waals surface area contributed by atoms with E-state index in [4.69, 9.17) is 5.73 Å². The predicted molar refractivity (Wildman–Crippen MR) is 80.5 cm³/mol. The molecule has 2 aromatic carbocycles. The number of nitrogen functional groups attached to an aromatic ring is 1. The second kappa shape index (κ2) is 5.24. The molecule has 1 aromatic heterocycles. The molecule has 0 fully saturated rings. The van der Waals surface area contributed by atoms with E-state index in [0.29, 0.717) is 17.4 Å². The highest BCUT2D eigenvalue weighted by atomic mass is 19.1. The molecule has 0 unspecified atom stereocenters. The number of aromatic amines is 1. The summed E-state index contributed by atoms with van der Waals surface area (Å²) in [5.41, 5.74) is 7.32. The fourth-order valence-electron chi connectivity index (χ4n) is 2.12. The number of nitrogens with two attached hydrogens (primary N) is 1. The predicted octanol–water partition coefficient (Wildman–Crippen LogP) is 2.26. The molecule has 4 N–H and O–H groups in total. The fourth-order valence-corrected chi connectivity index (χ4v) is 2.12. The van der Waals surface area contributed by atoms with Crippen molar-refractivity contribution in [3.8, 4) is 0 Å². The smallest absolute Gasteiger partial charge is 0.260 e. The first-order valence-electron chi connectivity index (χ1n) is 6.40. The first-order valence-corrected chi connectivity index (χ1v) is 6.40. The zero-order valence-electron chi connectivity index (χ0n) is 11.1. The van der Waals surface area contributed by atoms with Gasteiger partial charge < -0.3 is 11.1 Å². The molecule has 0 aliphatic rings. The van der Waals surface area contributed by atoms with E-state index in [-0.39, 0.29) is 17.3 Å². The number of fused-ring (bicyclic) bond motifs is 1. The molecule has 3 aromatic rings. The Labute approximate surface area is 119 Å². The maximum absolute atomic E-state index is 13.1. The van der Waals surface area contributed by atoms with Crippen LogP contribution < -0.4 is 16.6 Å². The molecule has 0 bridgehead atoms. The number of H-pyrrole nitrogens is 1. The fraction of sp³-hybridized carbons (Fsp3) is 0.0667. The van der Waals surface area contributed by atoms with E-state index in [1.54, 1.807) is 24.3 Å². The van der Waals surface area contributed by atoms with Crippen LogP contribution in [-0.4, -0.2) is 9.97 Å². The molecular formula is C15H13FN4O. The Bertz CT molecular complexity index is 860. The summed E-state index contributed by atoms with van der Waals surface area (Å²) in [6.45, 7) is 0.462. The lowest BCUT2D eigenvalue weighted by Gasteiger charge is -2.07. The number of anilines is 2.